The van der Waals surface area contributed by atoms with Crippen molar-refractivity contribution in [2.45, 2.75) is 19.9 Å². The number of hydrogen-bond acceptors (Lipinski definition) is 3. The Kier molecular flexibility index (Phi) is 3.99. The molecule has 2 aromatic rings. The van der Waals surface area contributed by atoms with Gasteiger partial charge < -0.3 is 10.1 Å². The third-order valence-electron chi connectivity index (χ3n) is 2.96. The van der Waals surface area contributed by atoms with Gasteiger partial charge in [0.05, 0.1) is 19.0 Å². The molecule has 0 saturated carbocycles. The maximum atomic E-state index is 5.25. The Bertz CT molecular complexity index is 520. The normalized spacial score (nSPS) is 10.6. The molecule has 0 bridgehead atoms. The summed E-state index contributed by atoms with van der Waals surface area (Å²) in [6.45, 7) is 2.99. The third-order valence-corrected chi connectivity index (χ3v) is 2.96. The van der Waals surface area contributed by atoms with Crippen molar-refractivity contribution < 1.29 is 4.74 Å². The minimum atomic E-state index is 0.840. The molecular formula is C14H19N3O. The molecule has 1 heterocycles. The molecule has 0 aliphatic carbocycles. The molecule has 4 nitrogen and oxygen atoms in total. The van der Waals surface area contributed by atoms with Crippen LogP contribution in [0.5, 0.6) is 5.75 Å². The second-order valence-corrected chi connectivity index (χ2v) is 4.11. The van der Waals surface area contributed by atoms with E-state index in [9.17, 15) is 0 Å². The first-order valence-corrected chi connectivity index (χ1v) is 6.15. The molecule has 0 aliphatic rings. The Morgan fingerprint density at radius 2 is 2.22 bits per heavy atom. The van der Waals surface area contributed by atoms with Gasteiger partial charge in [0.2, 0.25) is 0 Å². The highest BCUT2D eigenvalue weighted by molar-refractivity contribution is 5.41. The van der Waals surface area contributed by atoms with Crippen molar-refractivity contribution in [1.29, 1.82) is 0 Å². The van der Waals surface area contributed by atoms with Crippen LogP contribution in [0.2, 0.25) is 0 Å². The number of nitrogens with zero attached hydrogens (tertiary/aromatic N) is 2. The van der Waals surface area contributed by atoms with Crippen LogP contribution < -0.4 is 10.1 Å². The van der Waals surface area contributed by atoms with Crippen molar-refractivity contribution in [3.63, 3.8) is 0 Å². The van der Waals surface area contributed by atoms with E-state index in [1.165, 1.54) is 11.3 Å². The van der Waals surface area contributed by atoms with Gasteiger partial charge in [-0.25, -0.2) is 4.68 Å². The van der Waals surface area contributed by atoms with Crippen molar-refractivity contribution in [3.05, 3.63) is 41.7 Å². The maximum Gasteiger partial charge on any atom is 0.121 e. The van der Waals surface area contributed by atoms with Crippen LogP contribution in [0.15, 0.2) is 30.5 Å². The average Bonchev–Trinajstić information content (AvgIpc) is 2.82. The van der Waals surface area contributed by atoms with Crippen LogP contribution in [0.25, 0.3) is 5.69 Å². The first-order valence-electron chi connectivity index (χ1n) is 6.15. The largest absolute Gasteiger partial charge is 0.497 e. The summed E-state index contributed by atoms with van der Waals surface area (Å²) in [6, 6.07) is 7.95. The van der Waals surface area contributed by atoms with Crippen molar-refractivity contribution >= 4 is 0 Å². The number of aromatic nitrogens is 2. The quantitative estimate of drug-likeness (QED) is 0.877. The smallest absolute Gasteiger partial charge is 0.121 e. The molecule has 18 heavy (non-hydrogen) atoms. The van der Waals surface area contributed by atoms with Crippen molar-refractivity contribution in [1.82, 2.24) is 15.1 Å². The van der Waals surface area contributed by atoms with Crippen molar-refractivity contribution in [2.24, 2.45) is 0 Å². The van der Waals surface area contributed by atoms with Gasteiger partial charge in [0.25, 0.3) is 0 Å². The fraction of sp³-hybridized carbons (Fsp3) is 0.357. The van der Waals surface area contributed by atoms with Crippen LogP contribution in [0.1, 0.15) is 18.2 Å². The van der Waals surface area contributed by atoms with Crippen LogP contribution in [-0.4, -0.2) is 23.9 Å². The molecule has 0 atom stereocenters. The van der Waals surface area contributed by atoms with Gasteiger partial charge in [-0.05, 0) is 25.6 Å². The summed E-state index contributed by atoms with van der Waals surface area (Å²) in [4.78, 5) is 0. The molecule has 0 saturated heterocycles. The van der Waals surface area contributed by atoms with E-state index in [0.717, 1.165) is 24.4 Å². The summed E-state index contributed by atoms with van der Waals surface area (Å²) in [7, 11) is 3.62. The molecule has 1 aromatic heterocycles. The van der Waals surface area contributed by atoms with Crippen LogP contribution >= 0.6 is 0 Å². The molecule has 96 valence electrons. The van der Waals surface area contributed by atoms with Crippen molar-refractivity contribution in [3.8, 4) is 11.4 Å². The highest BCUT2D eigenvalue weighted by atomic mass is 16.5. The Labute approximate surface area is 108 Å². The summed E-state index contributed by atoms with van der Waals surface area (Å²) in [5, 5.41) is 7.64. The SMILES string of the molecule is CCc1c(CNC)cnn1-c1cccc(OC)c1. The Morgan fingerprint density at radius 3 is 2.89 bits per heavy atom. The van der Waals surface area contributed by atoms with Crippen LogP contribution in [0.3, 0.4) is 0 Å². The lowest BCUT2D eigenvalue weighted by atomic mass is 10.2. The molecule has 0 aliphatic heterocycles. The van der Waals surface area contributed by atoms with Crippen LogP contribution in [0, 0.1) is 0 Å². The van der Waals surface area contributed by atoms with Crippen molar-refractivity contribution in [2.75, 3.05) is 14.2 Å². The maximum absolute atomic E-state index is 5.25. The molecule has 0 unspecified atom stereocenters. The van der Waals surface area contributed by atoms with E-state index in [2.05, 4.69) is 17.3 Å². The van der Waals surface area contributed by atoms with Gasteiger partial charge in [-0.2, -0.15) is 5.10 Å². The number of ether oxygens (including phenoxy) is 1. The number of rotatable bonds is 5. The molecule has 1 N–H and O–H groups in total. The summed E-state index contributed by atoms with van der Waals surface area (Å²) in [6.07, 6.45) is 2.88. The van der Waals surface area contributed by atoms with Gasteiger partial charge in [-0.3, -0.25) is 0 Å². The molecule has 0 fully saturated rings. The minimum Gasteiger partial charge on any atom is -0.497 e. The molecule has 0 radical (unpaired) electrons. The van der Waals surface area contributed by atoms with Gasteiger partial charge in [-0.1, -0.05) is 13.0 Å². The average molecular weight is 245 g/mol. The Morgan fingerprint density at radius 1 is 1.39 bits per heavy atom. The number of methoxy groups -OCH3 is 1. The van der Waals surface area contributed by atoms with Gasteiger partial charge >= 0.3 is 0 Å². The van der Waals surface area contributed by atoms with E-state index >= 15 is 0 Å². The fourth-order valence-corrected chi connectivity index (χ4v) is 2.09. The lowest BCUT2D eigenvalue weighted by Crippen LogP contribution is -2.08. The molecule has 1 aromatic carbocycles. The zero-order chi connectivity index (χ0) is 13.0. The first kappa shape index (κ1) is 12.6. The highest BCUT2D eigenvalue weighted by Gasteiger charge is 2.10. The summed E-state index contributed by atoms with van der Waals surface area (Å²) < 4.78 is 7.23. The molecule has 0 amide bonds. The fourth-order valence-electron chi connectivity index (χ4n) is 2.09. The van der Waals surface area contributed by atoms with Crippen LogP contribution in [0.4, 0.5) is 0 Å². The van der Waals surface area contributed by atoms with Crippen LogP contribution in [-0.2, 0) is 13.0 Å². The predicted molar refractivity (Wildman–Crippen MR) is 72.3 cm³/mol. The van der Waals surface area contributed by atoms with Gasteiger partial charge in [0, 0.05) is 23.9 Å². The number of hydrogen-bond donors (Lipinski definition) is 1. The summed E-state index contributed by atoms with van der Waals surface area (Å²) >= 11 is 0. The lowest BCUT2D eigenvalue weighted by Gasteiger charge is -2.09. The summed E-state index contributed by atoms with van der Waals surface area (Å²) in [5.41, 5.74) is 3.51. The first-order chi connectivity index (χ1) is 8.80. The van der Waals surface area contributed by atoms with E-state index in [-0.39, 0.29) is 0 Å². The van der Waals surface area contributed by atoms with E-state index in [0.29, 0.717) is 0 Å². The highest BCUT2D eigenvalue weighted by Crippen LogP contribution is 2.19. The second-order valence-electron chi connectivity index (χ2n) is 4.11. The zero-order valence-corrected chi connectivity index (χ0v) is 11.1. The van der Waals surface area contributed by atoms with Gasteiger partial charge in [-0.15, -0.1) is 0 Å². The van der Waals surface area contributed by atoms with E-state index < -0.39 is 0 Å². The molecular weight excluding hydrogens is 226 g/mol. The topological polar surface area (TPSA) is 39.1 Å². The third kappa shape index (κ3) is 2.38. The van der Waals surface area contributed by atoms with E-state index in [1.807, 2.05) is 42.2 Å². The monoisotopic (exact) mass is 245 g/mol. The minimum absolute atomic E-state index is 0.840. The molecule has 2 rings (SSSR count). The number of benzene rings is 1. The zero-order valence-electron chi connectivity index (χ0n) is 11.1. The van der Waals surface area contributed by atoms with Gasteiger partial charge in [0.15, 0.2) is 0 Å². The lowest BCUT2D eigenvalue weighted by molar-refractivity contribution is 0.414. The van der Waals surface area contributed by atoms with Gasteiger partial charge in [0.1, 0.15) is 5.75 Å². The van der Waals surface area contributed by atoms with E-state index in [4.69, 9.17) is 4.74 Å². The second kappa shape index (κ2) is 5.69. The Hall–Kier alpha value is -1.81. The predicted octanol–water partition coefficient (Wildman–Crippen LogP) is 2.16. The molecule has 0 spiro atoms. The summed E-state index contributed by atoms with van der Waals surface area (Å²) in [5.74, 6) is 0.847. The number of nitrogens with one attached hydrogen (secondary N) is 1. The standard InChI is InChI=1S/C14H19N3O/c1-4-14-11(9-15-2)10-16-17(14)12-6-5-7-13(8-12)18-3/h5-8,10,15H,4,9H2,1-3H3. The molecule has 4 heteroatoms. The van der Waals surface area contributed by atoms with E-state index in [1.54, 1.807) is 7.11 Å². The Balaban J connectivity index is 2.43.